The van der Waals surface area contributed by atoms with Crippen molar-refractivity contribution in [2.24, 2.45) is 0 Å². The number of carbonyl (C=O) groups is 2. The number of fused-ring (bicyclic) bond motifs is 3. The van der Waals surface area contributed by atoms with Crippen LogP contribution in [0.4, 0.5) is 4.79 Å². The number of benzene rings is 2. The highest BCUT2D eigenvalue weighted by Crippen LogP contribution is 2.44. The number of alkyl carbamates (subject to hydrolysis) is 1. The Labute approximate surface area is 158 Å². The minimum absolute atomic E-state index is 0.0385. The zero-order valence-corrected chi connectivity index (χ0v) is 15.1. The molecule has 5 heteroatoms. The Kier molecular flexibility index (Phi) is 5.10. The Morgan fingerprint density at radius 2 is 1.63 bits per heavy atom. The second-order valence-corrected chi connectivity index (χ2v) is 7.13. The molecule has 0 unspecified atom stereocenters. The van der Waals surface area contributed by atoms with Crippen molar-refractivity contribution in [3.05, 3.63) is 59.7 Å². The van der Waals surface area contributed by atoms with Crippen LogP contribution in [0.15, 0.2) is 48.5 Å². The van der Waals surface area contributed by atoms with E-state index < -0.39 is 6.09 Å². The molecule has 2 aromatic rings. The van der Waals surface area contributed by atoms with Crippen LogP contribution in [-0.2, 0) is 14.3 Å². The van der Waals surface area contributed by atoms with Gasteiger partial charge in [0.1, 0.15) is 12.7 Å². The van der Waals surface area contributed by atoms with Gasteiger partial charge in [-0.1, -0.05) is 55.0 Å². The topological polar surface area (TPSA) is 64.6 Å². The highest BCUT2D eigenvalue weighted by atomic mass is 16.6. The van der Waals surface area contributed by atoms with Gasteiger partial charge in [0, 0.05) is 5.92 Å². The van der Waals surface area contributed by atoms with E-state index in [4.69, 9.17) is 9.47 Å². The monoisotopic (exact) mass is 365 g/mol. The molecule has 0 heterocycles. The number of hydrogen-bond donors (Lipinski definition) is 1. The maximum Gasteiger partial charge on any atom is 0.407 e. The molecule has 2 aliphatic carbocycles. The van der Waals surface area contributed by atoms with Crippen LogP contribution in [0.2, 0.25) is 0 Å². The first-order chi connectivity index (χ1) is 13.3. The maximum atomic E-state index is 12.4. The van der Waals surface area contributed by atoms with Gasteiger partial charge in [-0.25, -0.2) is 4.79 Å². The van der Waals surface area contributed by atoms with E-state index in [2.05, 4.69) is 29.6 Å². The third kappa shape index (κ3) is 3.54. The van der Waals surface area contributed by atoms with Crippen LogP contribution in [-0.4, -0.2) is 31.3 Å². The Morgan fingerprint density at radius 3 is 2.30 bits per heavy atom. The quantitative estimate of drug-likeness (QED) is 0.813. The number of carbonyl (C=O) groups excluding carboxylic acids is 2. The van der Waals surface area contributed by atoms with Crippen molar-refractivity contribution in [3.8, 4) is 11.1 Å². The van der Waals surface area contributed by atoms with E-state index in [1.807, 2.05) is 24.3 Å². The van der Waals surface area contributed by atoms with Gasteiger partial charge in [-0.3, -0.25) is 4.79 Å². The van der Waals surface area contributed by atoms with Crippen LogP contribution in [0.5, 0.6) is 0 Å². The molecule has 4 rings (SSSR count). The van der Waals surface area contributed by atoms with Gasteiger partial charge in [-0.2, -0.15) is 0 Å². The van der Waals surface area contributed by atoms with Gasteiger partial charge in [-0.15, -0.1) is 0 Å². The molecule has 2 aliphatic rings. The fraction of sp³-hybridized carbons (Fsp3) is 0.364. The van der Waals surface area contributed by atoms with E-state index in [1.54, 1.807) is 0 Å². The molecule has 27 heavy (non-hydrogen) atoms. The van der Waals surface area contributed by atoms with E-state index in [0.29, 0.717) is 6.47 Å². The lowest BCUT2D eigenvalue weighted by Crippen LogP contribution is -2.46. The van der Waals surface area contributed by atoms with E-state index in [0.717, 1.165) is 25.7 Å². The first-order valence-corrected chi connectivity index (χ1v) is 9.48. The summed E-state index contributed by atoms with van der Waals surface area (Å²) in [5.74, 6) is 0.0385. The van der Waals surface area contributed by atoms with Gasteiger partial charge < -0.3 is 14.8 Å². The Bertz CT molecular complexity index is 789. The van der Waals surface area contributed by atoms with Crippen LogP contribution >= 0.6 is 0 Å². The number of nitrogens with one attached hydrogen (secondary N) is 1. The van der Waals surface area contributed by atoms with Gasteiger partial charge in [0.15, 0.2) is 0 Å². The molecule has 1 amide bonds. The molecule has 0 saturated heterocycles. The highest BCUT2D eigenvalue weighted by Gasteiger charge is 2.31. The maximum absolute atomic E-state index is 12.4. The molecule has 0 radical (unpaired) electrons. The van der Waals surface area contributed by atoms with Crippen molar-refractivity contribution in [1.82, 2.24) is 5.32 Å². The summed E-state index contributed by atoms with van der Waals surface area (Å²) in [6, 6.07) is 16.3. The van der Waals surface area contributed by atoms with Crippen molar-refractivity contribution < 1.29 is 19.1 Å². The second-order valence-electron chi connectivity index (χ2n) is 7.13. The van der Waals surface area contributed by atoms with Gasteiger partial charge in [0.2, 0.25) is 0 Å². The zero-order valence-electron chi connectivity index (χ0n) is 15.1. The highest BCUT2D eigenvalue weighted by molar-refractivity contribution is 5.79. The number of rotatable bonds is 5. The molecule has 1 fully saturated rings. The van der Waals surface area contributed by atoms with Crippen molar-refractivity contribution >= 4 is 12.6 Å². The average Bonchev–Trinajstić information content (AvgIpc) is 3.02. The lowest BCUT2D eigenvalue weighted by atomic mass is 9.92. The zero-order chi connectivity index (χ0) is 18.6. The predicted octanol–water partition coefficient (Wildman–Crippen LogP) is 4.01. The van der Waals surface area contributed by atoms with Crippen LogP contribution in [0.25, 0.3) is 11.1 Å². The molecule has 5 nitrogen and oxygen atoms in total. The molecular weight excluding hydrogens is 342 g/mol. The molecule has 1 saturated carbocycles. The van der Waals surface area contributed by atoms with E-state index in [-0.39, 0.29) is 24.7 Å². The molecule has 0 spiro atoms. The van der Waals surface area contributed by atoms with E-state index in [1.165, 1.54) is 22.3 Å². The molecule has 0 bridgehead atoms. The van der Waals surface area contributed by atoms with Crippen LogP contribution in [0, 0.1) is 0 Å². The minimum atomic E-state index is -0.455. The Balaban J connectivity index is 1.43. The summed E-state index contributed by atoms with van der Waals surface area (Å²) in [6.07, 6.45) is 2.85. The van der Waals surface area contributed by atoms with Gasteiger partial charge >= 0.3 is 6.09 Å². The first kappa shape index (κ1) is 17.6. The predicted molar refractivity (Wildman–Crippen MR) is 101 cm³/mol. The lowest BCUT2D eigenvalue weighted by Gasteiger charge is -2.30. The van der Waals surface area contributed by atoms with Crippen molar-refractivity contribution in [2.45, 2.75) is 43.7 Å². The standard InChI is InChI=1S/C22H23NO4/c24-14-27-21-12-6-5-11-20(21)23-22(25)26-13-19-17-9-3-1-7-15(17)16-8-2-4-10-18(16)19/h1-4,7-10,14,19-21H,5-6,11-13H2,(H,23,25)/t20-,21-/m0/s1. The summed E-state index contributed by atoms with van der Waals surface area (Å²) in [6.45, 7) is 0.744. The van der Waals surface area contributed by atoms with Gasteiger partial charge in [0.05, 0.1) is 6.04 Å². The van der Waals surface area contributed by atoms with Crippen LogP contribution in [0.1, 0.15) is 42.7 Å². The largest absolute Gasteiger partial charge is 0.462 e. The molecule has 1 N–H and O–H groups in total. The molecular formula is C22H23NO4. The fourth-order valence-electron chi connectivity index (χ4n) is 4.29. The Morgan fingerprint density at radius 1 is 1.00 bits per heavy atom. The molecule has 2 atom stereocenters. The van der Waals surface area contributed by atoms with E-state index in [9.17, 15) is 9.59 Å². The molecule has 0 aromatic heterocycles. The molecule has 140 valence electrons. The Hall–Kier alpha value is -2.82. The van der Waals surface area contributed by atoms with Crippen LogP contribution in [0.3, 0.4) is 0 Å². The summed E-state index contributed by atoms with van der Waals surface area (Å²) >= 11 is 0. The summed E-state index contributed by atoms with van der Waals surface area (Å²) in [5.41, 5.74) is 4.78. The van der Waals surface area contributed by atoms with Crippen molar-refractivity contribution in [1.29, 1.82) is 0 Å². The second kappa shape index (κ2) is 7.82. The van der Waals surface area contributed by atoms with Gasteiger partial charge in [0.25, 0.3) is 6.47 Å². The van der Waals surface area contributed by atoms with E-state index >= 15 is 0 Å². The SMILES string of the molecule is O=CO[C@H]1CCCC[C@@H]1NC(=O)OCC1c2ccccc2-c2ccccc21. The van der Waals surface area contributed by atoms with Gasteiger partial charge in [-0.05, 0) is 41.5 Å². The fourth-order valence-corrected chi connectivity index (χ4v) is 4.29. The molecule has 0 aliphatic heterocycles. The number of amides is 1. The summed E-state index contributed by atoms with van der Waals surface area (Å²) in [5, 5.41) is 2.88. The third-order valence-electron chi connectivity index (χ3n) is 5.58. The first-order valence-electron chi connectivity index (χ1n) is 9.48. The number of hydrogen-bond acceptors (Lipinski definition) is 4. The van der Waals surface area contributed by atoms with Crippen LogP contribution < -0.4 is 5.32 Å². The molecule has 2 aromatic carbocycles. The third-order valence-corrected chi connectivity index (χ3v) is 5.58. The normalized spacial score (nSPS) is 21.0. The van der Waals surface area contributed by atoms with Crippen molar-refractivity contribution in [2.75, 3.05) is 6.61 Å². The summed E-state index contributed by atoms with van der Waals surface area (Å²) in [4.78, 5) is 23.0. The van der Waals surface area contributed by atoms with Crippen molar-refractivity contribution in [3.63, 3.8) is 0 Å². The lowest BCUT2D eigenvalue weighted by molar-refractivity contribution is -0.136. The minimum Gasteiger partial charge on any atom is -0.462 e. The smallest absolute Gasteiger partial charge is 0.407 e. The summed E-state index contributed by atoms with van der Waals surface area (Å²) in [7, 11) is 0. The average molecular weight is 365 g/mol. The summed E-state index contributed by atoms with van der Waals surface area (Å²) < 4.78 is 10.7. The number of ether oxygens (including phenoxy) is 2.